The van der Waals surface area contributed by atoms with E-state index in [1.54, 1.807) is 6.07 Å². The van der Waals surface area contributed by atoms with Gasteiger partial charge in [-0.3, -0.25) is 4.79 Å². The number of amides is 1. The lowest BCUT2D eigenvalue weighted by atomic mass is 10.2. The molecule has 3 N–H and O–H groups in total. The molecule has 2 aliphatic rings. The van der Waals surface area contributed by atoms with Crippen molar-refractivity contribution in [1.29, 1.82) is 0 Å². The molecule has 0 bridgehead atoms. The highest BCUT2D eigenvalue weighted by molar-refractivity contribution is 7.89. The minimum Gasteiger partial charge on any atom is -0.374 e. The lowest BCUT2D eigenvalue weighted by molar-refractivity contribution is -0.115. The number of carbonyl (C=O) groups excluding carboxylic acids is 1. The molecule has 1 atom stereocenters. The van der Waals surface area contributed by atoms with Gasteiger partial charge in [0, 0.05) is 25.3 Å². The smallest absolute Gasteiger partial charge is 0.240 e. The highest BCUT2D eigenvalue weighted by atomic mass is 32.2. The molecular formula is C13H17N3O4S. The third-order valence-corrected chi connectivity index (χ3v) is 4.94. The summed E-state index contributed by atoms with van der Waals surface area (Å²) in [6, 6.07) is 4.65. The molecule has 0 spiro atoms. The number of nitrogens with one attached hydrogen (secondary N) is 3. The van der Waals surface area contributed by atoms with Crippen LogP contribution in [0.25, 0.3) is 0 Å². The third-order valence-electron chi connectivity index (χ3n) is 3.52. The monoisotopic (exact) mass is 311 g/mol. The number of fused-ring (bicyclic) bond motifs is 1. The Balaban J connectivity index is 1.70. The maximum atomic E-state index is 12.3. The quantitative estimate of drug-likeness (QED) is 0.693. The first-order chi connectivity index (χ1) is 10.0. The topological polar surface area (TPSA) is 96.5 Å². The lowest BCUT2D eigenvalue weighted by Gasteiger charge is -2.23. The molecule has 0 saturated carbocycles. The van der Waals surface area contributed by atoms with Crippen molar-refractivity contribution in [3.8, 4) is 0 Å². The Hall–Kier alpha value is -1.48. The number of sulfonamides is 1. The van der Waals surface area contributed by atoms with E-state index in [0.29, 0.717) is 24.4 Å². The van der Waals surface area contributed by atoms with Gasteiger partial charge in [-0.15, -0.1) is 0 Å². The van der Waals surface area contributed by atoms with E-state index >= 15 is 0 Å². The van der Waals surface area contributed by atoms with Gasteiger partial charge in [0.2, 0.25) is 15.9 Å². The van der Waals surface area contributed by atoms with Crippen LogP contribution in [0.4, 0.5) is 5.69 Å². The van der Waals surface area contributed by atoms with Crippen molar-refractivity contribution >= 4 is 21.6 Å². The van der Waals surface area contributed by atoms with Crippen molar-refractivity contribution in [2.24, 2.45) is 0 Å². The fourth-order valence-corrected chi connectivity index (χ4v) is 3.53. The molecule has 3 rings (SSSR count). The Morgan fingerprint density at radius 3 is 3.00 bits per heavy atom. The number of anilines is 1. The van der Waals surface area contributed by atoms with Crippen LogP contribution in [0.15, 0.2) is 23.1 Å². The molecule has 21 heavy (non-hydrogen) atoms. The number of carbonyl (C=O) groups is 1. The highest BCUT2D eigenvalue weighted by Gasteiger charge is 2.23. The highest BCUT2D eigenvalue weighted by Crippen LogP contribution is 2.25. The molecule has 1 amide bonds. The number of hydrogen-bond donors (Lipinski definition) is 3. The molecule has 0 aliphatic carbocycles. The molecule has 2 aliphatic heterocycles. The Morgan fingerprint density at radius 1 is 1.38 bits per heavy atom. The summed E-state index contributed by atoms with van der Waals surface area (Å²) in [6.45, 7) is 2.23. The molecule has 114 valence electrons. The van der Waals surface area contributed by atoms with Crippen molar-refractivity contribution < 1.29 is 17.9 Å². The van der Waals surface area contributed by atoms with Crippen LogP contribution >= 0.6 is 0 Å². The van der Waals surface area contributed by atoms with E-state index < -0.39 is 10.0 Å². The molecule has 1 unspecified atom stereocenters. The van der Waals surface area contributed by atoms with Crippen molar-refractivity contribution in [3.63, 3.8) is 0 Å². The molecule has 1 aromatic carbocycles. The second kappa shape index (κ2) is 5.72. The van der Waals surface area contributed by atoms with Gasteiger partial charge >= 0.3 is 0 Å². The van der Waals surface area contributed by atoms with Gasteiger partial charge in [0.25, 0.3) is 0 Å². The molecule has 7 nitrogen and oxygen atoms in total. The van der Waals surface area contributed by atoms with Crippen molar-refractivity contribution in [2.75, 3.05) is 31.6 Å². The van der Waals surface area contributed by atoms with Crippen LogP contribution in [0.2, 0.25) is 0 Å². The molecular weight excluding hydrogens is 294 g/mol. The van der Waals surface area contributed by atoms with Gasteiger partial charge in [-0.1, -0.05) is 0 Å². The average molecular weight is 311 g/mol. The zero-order valence-corrected chi connectivity index (χ0v) is 12.2. The second-order valence-electron chi connectivity index (χ2n) is 5.09. The van der Waals surface area contributed by atoms with Crippen molar-refractivity contribution in [3.05, 3.63) is 23.8 Å². The van der Waals surface area contributed by atoms with E-state index in [1.807, 2.05) is 0 Å². The first-order valence-electron chi connectivity index (χ1n) is 6.79. The third kappa shape index (κ3) is 3.24. The maximum absolute atomic E-state index is 12.3. The molecule has 1 fully saturated rings. The lowest BCUT2D eigenvalue weighted by Crippen LogP contribution is -2.45. The average Bonchev–Trinajstić information content (AvgIpc) is 2.85. The number of rotatable bonds is 4. The summed E-state index contributed by atoms with van der Waals surface area (Å²) in [5.74, 6) is -0.116. The van der Waals surface area contributed by atoms with E-state index in [-0.39, 0.29) is 29.9 Å². The van der Waals surface area contributed by atoms with E-state index in [9.17, 15) is 13.2 Å². The Labute approximate surface area is 123 Å². The van der Waals surface area contributed by atoms with E-state index in [1.165, 1.54) is 12.1 Å². The molecule has 1 aromatic rings. The van der Waals surface area contributed by atoms with Gasteiger partial charge in [0.1, 0.15) is 0 Å². The maximum Gasteiger partial charge on any atom is 0.240 e. The Morgan fingerprint density at radius 2 is 2.24 bits per heavy atom. The Kier molecular flexibility index (Phi) is 3.94. The molecule has 0 radical (unpaired) electrons. The van der Waals surface area contributed by atoms with E-state index in [2.05, 4.69) is 15.4 Å². The van der Waals surface area contributed by atoms with Gasteiger partial charge in [0.15, 0.2) is 0 Å². The predicted octanol–water partition coefficient (Wildman–Crippen LogP) is -0.552. The van der Waals surface area contributed by atoms with Crippen LogP contribution in [0.1, 0.15) is 5.56 Å². The summed E-state index contributed by atoms with van der Waals surface area (Å²) in [7, 11) is -3.60. The van der Waals surface area contributed by atoms with Gasteiger partial charge in [-0.05, 0) is 23.8 Å². The van der Waals surface area contributed by atoms with E-state index in [0.717, 1.165) is 6.54 Å². The molecule has 2 heterocycles. The first kappa shape index (κ1) is 14.5. The van der Waals surface area contributed by atoms with Gasteiger partial charge in [0.05, 0.1) is 24.0 Å². The first-order valence-corrected chi connectivity index (χ1v) is 8.28. The standard InChI is InChI=1S/C13H17N3O4S/c17-13-6-9-5-11(1-2-12(9)16-13)21(18,19)15-8-10-7-14-3-4-20-10/h1-2,5,10,14-15H,3-4,6-8H2,(H,16,17). The van der Waals surface area contributed by atoms with Crippen LogP contribution < -0.4 is 15.4 Å². The summed E-state index contributed by atoms with van der Waals surface area (Å²) in [4.78, 5) is 11.5. The number of hydrogen-bond acceptors (Lipinski definition) is 5. The normalized spacial score (nSPS) is 21.9. The van der Waals surface area contributed by atoms with Gasteiger partial charge < -0.3 is 15.4 Å². The minimum atomic E-state index is -3.60. The summed E-state index contributed by atoms with van der Waals surface area (Å²) in [5.41, 5.74) is 1.39. The summed E-state index contributed by atoms with van der Waals surface area (Å²) in [5, 5.41) is 5.82. The van der Waals surface area contributed by atoms with Gasteiger partial charge in [-0.2, -0.15) is 0 Å². The second-order valence-corrected chi connectivity index (χ2v) is 6.86. The fraction of sp³-hybridized carbons (Fsp3) is 0.462. The summed E-state index contributed by atoms with van der Waals surface area (Å²) in [6.07, 6.45) is 0.0557. The fourth-order valence-electron chi connectivity index (χ4n) is 2.41. The zero-order chi connectivity index (χ0) is 14.9. The van der Waals surface area contributed by atoms with Crippen molar-refractivity contribution in [2.45, 2.75) is 17.4 Å². The number of benzene rings is 1. The summed E-state index contributed by atoms with van der Waals surface area (Å²) >= 11 is 0. The van der Waals surface area contributed by atoms with Crippen molar-refractivity contribution in [1.82, 2.24) is 10.0 Å². The Bertz CT molecular complexity index is 653. The number of ether oxygens (including phenoxy) is 1. The molecule has 0 aromatic heterocycles. The predicted molar refractivity (Wildman–Crippen MR) is 76.6 cm³/mol. The van der Waals surface area contributed by atoms with Crippen LogP contribution in [0.5, 0.6) is 0 Å². The van der Waals surface area contributed by atoms with Crippen LogP contribution in [0.3, 0.4) is 0 Å². The minimum absolute atomic E-state index is 0.116. The van der Waals surface area contributed by atoms with E-state index in [4.69, 9.17) is 4.74 Å². The van der Waals surface area contributed by atoms with Crippen LogP contribution in [-0.4, -0.2) is 46.7 Å². The number of morpholine rings is 1. The van der Waals surface area contributed by atoms with Crippen LogP contribution in [0, 0.1) is 0 Å². The zero-order valence-electron chi connectivity index (χ0n) is 11.4. The SMILES string of the molecule is O=C1Cc2cc(S(=O)(=O)NCC3CNCCO3)ccc2N1. The van der Waals surface area contributed by atoms with Crippen LogP contribution in [-0.2, 0) is 26.0 Å². The van der Waals surface area contributed by atoms with Gasteiger partial charge in [-0.25, -0.2) is 13.1 Å². The summed E-state index contributed by atoms with van der Waals surface area (Å²) < 4.78 is 32.5. The molecule has 1 saturated heterocycles. The largest absolute Gasteiger partial charge is 0.374 e. The molecule has 8 heteroatoms.